The molecule has 0 saturated carbocycles. The Labute approximate surface area is 114 Å². The Kier molecular flexibility index (Phi) is 8.25. The minimum Gasteiger partial charge on any atom is -0.382 e. The predicted octanol–water partition coefficient (Wildman–Crippen LogP) is 3.15. The van der Waals surface area contributed by atoms with Crippen LogP contribution in [0.5, 0.6) is 0 Å². The van der Waals surface area contributed by atoms with E-state index in [0.717, 1.165) is 26.0 Å². The number of hydrogen-bond acceptors (Lipinski definition) is 4. The van der Waals surface area contributed by atoms with E-state index < -0.39 is 0 Å². The van der Waals surface area contributed by atoms with E-state index in [9.17, 15) is 0 Å². The zero-order valence-electron chi connectivity index (χ0n) is 11.7. The van der Waals surface area contributed by atoms with E-state index in [1.807, 2.05) is 11.3 Å². The molecule has 104 valence electrons. The molecule has 0 radical (unpaired) electrons. The molecule has 0 fully saturated rings. The van der Waals surface area contributed by atoms with Crippen molar-refractivity contribution in [3.8, 4) is 0 Å². The molecule has 4 heteroatoms. The molecule has 1 rings (SSSR count). The first-order chi connectivity index (χ1) is 8.75. The molecule has 0 aromatic carbocycles. The van der Waals surface area contributed by atoms with Crippen LogP contribution in [0.2, 0.25) is 0 Å². The Morgan fingerprint density at radius 2 is 2.11 bits per heavy atom. The average Bonchev–Trinajstić information content (AvgIpc) is 2.79. The number of unbranched alkanes of at least 4 members (excludes halogenated alkanes) is 1. The summed E-state index contributed by atoms with van der Waals surface area (Å²) in [5.41, 5.74) is 1.39. The van der Waals surface area contributed by atoms with Gasteiger partial charge in [0.15, 0.2) is 0 Å². The number of thiophene rings is 1. The van der Waals surface area contributed by atoms with Crippen LogP contribution in [0.3, 0.4) is 0 Å². The van der Waals surface area contributed by atoms with Crippen LogP contribution in [-0.4, -0.2) is 33.5 Å². The SMILES string of the molecule is COCCOCCCCNC(C)c1sccc1C. The smallest absolute Gasteiger partial charge is 0.0700 e. The molecule has 1 N–H and O–H groups in total. The molecule has 1 aromatic rings. The second-order valence-electron chi connectivity index (χ2n) is 4.46. The highest BCUT2D eigenvalue weighted by molar-refractivity contribution is 7.10. The second-order valence-corrected chi connectivity index (χ2v) is 5.40. The molecular formula is C14H25NO2S. The van der Waals surface area contributed by atoms with Gasteiger partial charge in [0, 0.05) is 24.6 Å². The zero-order chi connectivity index (χ0) is 13.2. The van der Waals surface area contributed by atoms with E-state index >= 15 is 0 Å². The van der Waals surface area contributed by atoms with Crippen molar-refractivity contribution in [3.63, 3.8) is 0 Å². The summed E-state index contributed by atoms with van der Waals surface area (Å²) in [5.74, 6) is 0. The summed E-state index contributed by atoms with van der Waals surface area (Å²) >= 11 is 1.83. The topological polar surface area (TPSA) is 30.5 Å². The Morgan fingerprint density at radius 3 is 2.78 bits per heavy atom. The van der Waals surface area contributed by atoms with E-state index in [2.05, 4.69) is 30.6 Å². The lowest BCUT2D eigenvalue weighted by Gasteiger charge is -2.13. The maximum Gasteiger partial charge on any atom is 0.0700 e. The van der Waals surface area contributed by atoms with Gasteiger partial charge in [0.1, 0.15) is 0 Å². The molecule has 0 aliphatic rings. The summed E-state index contributed by atoms with van der Waals surface area (Å²) in [5, 5.41) is 5.72. The van der Waals surface area contributed by atoms with Gasteiger partial charge in [-0.1, -0.05) is 0 Å². The molecule has 0 amide bonds. The molecule has 18 heavy (non-hydrogen) atoms. The fourth-order valence-electron chi connectivity index (χ4n) is 1.81. The van der Waals surface area contributed by atoms with Gasteiger partial charge in [-0.2, -0.15) is 0 Å². The van der Waals surface area contributed by atoms with Gasteiger partial charge in [-0.05, 0) is 50.2 Å². The lowest BCUT2D eigenvalue weighted by atomic mass is 10.2. The van der Waals surface area contributed by atoms with Crippen LogP contribution in [0.1, 0.15) is 36.2 Å². The second kappa shape index (κ2) is 9.50. The number of hydrogen-bond donors (Lipinski definition) is 1. The highest BCUT2D eigenvalue weighted by atomic mass is 32.1. The Bertz CT molecular complexity index is 314. The zero-order valence-corrected chi connectivity index (χ0v) is 12.5. The van der Waals surface area contributed by atoms with Crippen molar-refractivity contribution in [2.24, 2.45) is 0 Å². The van der Waals surface area contributed by atoms with Gasteiger partial charge in [0.2, 0.25) is 0 Å². The summed E-state index contributed by atoms with van der Waals surface area (Å²) in [6.07, 6.45) is 2.26. The van der Waals surface area contributed by atoms with Crippen LogP contribution in [0.4, 0.5) is 0 Å². The van der Waals surface area contributed by atoms with Gasteiger partial charge in [0.05, 0.1) is 13.2 Å². The summed E-state index contributed by atoms with van der Waals surface area (Å²) in [6.45, 7) is 7.67. The van der Waals surface area contributed by atoms with E-state index in [1.54, 1.807) is 7.11 Å². The van der Waals surface area contributed by atoms with Gasteiger partial charge in [-0.25, -0.2) is 0 Å². The molecule has 3 nitrogen and oxygen atoms in total. The maximum atomic E-state index is 5.42. The highest BCUT2D eigenvalue weighted by Crippen LogP contribution is 2.23. The first-order valence-electron chi connectivity index (χ1n) is 6.59. The van der Waals surface area contributed by atoms with Gasteiger partial charge in [0.25, 0.3) is 0 Å². The van der Waals surface area contributed by atoms with Crippen molar-refractivity contribution in [3.05, 3.63) is 21.9 Å². The van der Waals surface area contributed by atoms with Gasteiger partial charge >= 0.3 is 0 Å². The number of aryl methyl sites for hydroxylation is 1. The minimum absolute atomic E-state index is 0.458. The summed E-state index contributed by atoms with van der Waals surface area (Å²) in [6, 6.07) is 2.64. The molecule has 1 aromatic heterocycles. The lowest BCUT2D eigenvalue weighted by Crippen LogP contribution is -2.20. The molecular weight excluding hydrogens is 246 g/mol. The van der Waals surface area contributed by atoms with Gasteiger partial charge < -0.3 is 14.8 Å². The number of nitrogens with one attached hydrogen (secondary N) is 1. The number of methoxy groups -OCH3 is 1. The molecule has 1 atom stereocenters. The van der Waals surface area contributed by atoms with Crippen molar-refractivity contribution in [1.82, 2.24) is 5.32 Å². The van der Waals surface area contributed by atoms with E-state index in [4.69, 9.17) is 9.47 Å². The van der Waals surface area contributed by atoms with Crippen LogP contribution in [0.25, 0.3) is 0 Å². The van der Waals surface area contributed by atoms with Crippen LogP contribution in [0, 0.1) is 6.92 Å². The molecule has 0 spiro atoms. The maximum absolute atomic E-state index is 5.42. The normalized spacial score (nSPS) is 12.8. The molecule has 0 saturated heterocycles. The van der Waals surface area contributed by atoms with Gasteiger partial charge in [-0.3, -0.25) is 0 Å². The Morgan fingerprint density at radius 1 is 1.28 bits per heavy atom. The Hall–Kier alpha value is -0.420. The van der Waals surface area contributed by atoms with Crippen molar-refractivity contribution >= 4 is 11.3 Å². The van der Waals surface area contributed by atoms with E-state index in [1.165, 1.54) is 10.4 Å². The number of rotatable bonds is 10. The van der Waals surface area contributed by atoms with Gasteiger partial charge in [-0.15, -0.1) is 11.3 Å². The standard InChI is InChI=1S/C14H25NO2S/c1-12-6-11-18-14(12)13(2)15-7-4-5-8-17-10-9-16-3/h6,11,13,15H,4-5,7-10H2,1-3H3. The van der Waals surface area contributed by atoms with E-state index in [0.29, 0.717) is 19.3 Å². The summed E-state index contributed by atoms with van der Waals surface area (Å²) in [4.78, 5) is 1.45. The first-order valence-corrected chi connectivity index (χ1v) is 7.47. The monoisotopic (exact) mass is 271 g/mol. The molecule has 1 heterocycles. The van der Waals surface area contributed by atoms with Crippen molar-refractivity contribution in [2.45, 2.75) is 32.7 Å². The van der Waals surface area contributed by atoms with Crippen molar-refractivity contribution < 1.29 is 9.47 Å². The number of ether oxygens (including phenoxy) is 2. The summed E-state index contributed by atoms with van der Waals surface area (Å²) in [7, 11) is 1.70. The third-order valence-electron chi connectivity index (χ3n) is 2.89. The van der Waals surface area contributed by atoms with Crippen LogP contribution >= 0.6 is 11.3 Å². The fraction of sp³-hybridized carbons (Fsp3) is 0.714. The average molecular weight is 271 g/mol. The molecule has 1 unspecified atom stereocenters. The Balaban J connectivity index is 1.99. The van der Waals surface area contributed by atoms with Crippen LogP contribution in [0.15, 0.2) is 11.4 Å². The summed E-state index contributed by atoms with van der Waals surface area (Å²) < 4.78 is 10.3. The van der Waals surface area contributed by atoms with Crippen LogP contribution in [-0.2, 0) is 9.47 Å². The molecule has 0 bridgehead atoms. The van der Waals surface area contributed by atoms with Crippen molar-refractivity contribution in [1.29, 1.82) is 0 Å². The highest BCUT2D eigenvalue weighted by Gasteiger charge is 2.08. The third kappa shape index (κ3) is 5.96. The quantitative estimate of drug-likeness (QED) is 0.663. The largest absolute Gasteiger partial charge is 0.382 e. The first kappa shape index (κ1) is 15.6. The third-order valence-corrected chi connectivity index (χ3v) is 4.09. The predicted molar refractivity (Wildman–Crippen MR) is 77.4 cm³/mol. The lowest BCUT2D eigenvalue weighted by molar-refractivity contribution is 0.0687. The van der Waals surface area contributed by atoms with E-state index in [-0.39, 0.29) is 0 Å². The minimum atomic E-state index is 0.458. The molecule has 0 aliphatic carbocycles. The fourth-order valence-corrected chi connectivity index (χ4v) is 2.77. The van der Waals surface area contributed by atoms with Crippen LogP contribution < -0.4 is 5.32 Å². The molecule has 0 aliphatic heterocycles. The van der Waals surface area contributed by atoms with Crippen molar-refractivity contribution in [2.75, 3.05) is 33.5 Å².